The van der Waals surface area contributed by atoms with Gasteiger partial charge in [0.1, 0.15) is 23.2 Å². The molecule has 1 atom stereocenters. The molecule has 1 amide bonds. The van der Waals surface area contributed by atoms with Crippen molar-refractivity contribution in [1.82, 2.24) is 10.3 Å². The van der Waals surface area contributed by atoms with E-state index in [-0.39, 0.29) is 17.5 Å². The minimum Gasteiger partial charge on any atom is -0.480 e. The Morgan fingerprint density at radius 2 is 1.46 bits per heavy atom. The SMILES string of the molecule is CC(C)(C)c1ccc(Oc2ccc3cc(C(=O)N[C@@H](Cc4ccc(-c5ccccc5)cc4)C(=O)O)ncc3c2)cc1. The number of fused-ring (bicyclic) bond motifs is 1. The van der Waals surface area contributed by atoms with Crippen LogP contribution in [0.15, 0.2) is 109 Å². The molecule has 0 aliphatic carbocycles. The Morgan fingerprint density at radius 3 is 2.12 bits per heavy atom. The van der Waals surface area contributed by atoms with Crippen LogP contribution in [0.5, 0.6) is 11.5 Å². The third kappa shape index (κ3) is 6.79. The van der Waals surface area contributed by atoms with E-state index in [9.17, 15) is 14.7 Å². The fourth-order valence-corrected chi connectivity index (χ4v) is 4.60. The van der Waals surface area contributed by atoms with Crippen molar-refractivity contribution in [2.45, 2.75) is 38.6 Å². The van der Waals surface area contributed by atoms with Gasteiger partial charge >= 0.3 is 5.97 Å². The van der Waals surface area contributed by atoms with E-state index in [2.05, 4.69) is 43.2 Å². The number of carboxylic acids is 1. The summed E-state index contributed by atoms with van der Waals surface area (Å²) in [4.78, 5) is 29.3. The van der Waals surface area contributed by atoms with E-state index in [0.29, 0.717) is 5.75 Å². The quantitative estimate of drug-likeness (QED) is 0.212. The number of ether oxygens (including phenoxy) is 1. The van der Waals surface area contributed by atoms with Crippen molar-refractivity contribution in [3.05, 3.63) is 126 Å². The van der Waals surface area contributed by atoms with Gasteiger partial charge in [0.2, 0.25) is 0 Å². The molecule has 0 radical (unpaired) electrons. The van der Waals surface area contributed by atoms with Gasteiger partial charge in [0.15, 0.2) is 0 Å². The molecule has 1 heterocycles. The lowest BCUT2D eigenvalue weighted by Gasteiger charge is -2.19. The van der Waals surface area contributed by atoms with Crippen LogP contribution in [-0.4, -0.2) is 28.0 Å². The number of aliphatic carboxylic acids is 1. The number of carbonyl (C=O) groups excluding carboxylic acids is 1. The molecule has 1 aromatic heterocycles. The number of nitrogens with one attached hydrogen (secondary N) is 1. The van der Waals surface area contributed by atoms with E-state index in [1.165, 1.54) is 5.56 Å². The number of carbonyl (C=O) groups is 2. The molecule has 5 rings (SSSR count). The van der Waals surface area contributed by atoms with Crippen LogP contribution in [0, 0.1) is 0 Å². The lowest BCUT2D eigenvalue weighted by molar-refractivity contribution is -0.139. The predicted molar refractivity (Wildman–Crippen MR) is 161 cm³/mol. The molecule has 41 heavy (non-hydrogen) atoms. The third-order valence-corrected chi connectivity index (χ3v) is 6.99. The summed E-state index contributed by atoms with van der Waals surface area (Å²) in [6.45, 7) is 6.50. The smallest absolute Gasteiger partial charge is 0.326 e. The lowest BCUT2D eigenvalue weighted by Crippen LogP contribution is -2.42. The number of hydrogen-bond donors (Lipinski definition) is 2. The number of benzene rings is 4. The van der Waals surface area contributed by atoms with Crippen LogP contribution in [0.3, 0.4) is 0 Å². The molecule has 0 aliphatic heterocycles. The number of aromatic nitrogens is 1. The lowest BCUT2D eigenvalue weighted by atomic mass is 9.87. The Morgan fingerprint density at radius 1 is 0.805 bits per heavy atom. The van der Waals surface area contributed by atoms with Crippen LogP contribution in [0.1, 0.15) is 42.4 Å². The summed E-state index contributed by atoms with van der Waals surface area (Å²) in [6.07, 6.45) is 1.75. The molecular formula is C35H32N2O4. The molecule has 2 N–H and O–H groups in total. The zero-order valence-electron chi connectivity index (χ0n) is 23.3. The predicted octanol–water partition coefficient (Wildman–Crippen LogP) is 7.42. The fraction of sp³-hybridized carbons (Fsp3) is 0.171. The summed E-state index contributed by atoms with van der Waals surface area (Å²) in [5.74, 6) is -0.261. The molecule has 5 aromatic rings. The fourth-order valence-electron chi connectivity index (χ4n) is 4.60. The third-order valence-electron chi connectivity index (χ3n) is 6.99. The molecule has 6 heteroatoms. The van der Waals surface area contributed by atoms with Crippen LogP contribution in [-0.2, 0) is 16.6 Å². The Hall–Kier alpha value is -4.97. The highest BCUT2D eigenvalue weighted by atomic mass is 16.5. The first-order chi connectivity index (χ1) is 19.7. The van der Waals surface area contributed by atoms with E-state index in [1.807, 2.05) is 84.9 Å². The van der Waals surface area contributed by atoms with E-state index in [0.717, 1.165) is 33.2 Å². The second-order valence-electron chi connectivity index (χ2n) is 11.1. The molecule has 0 fully saturated rings. The van der Waals surface area contributed by atoms with Crippen molar-refractivity contribution in [2.75, 3.05) is 0 Å². The van der Waals surface area contributed by atoms with Gasteiger partial charge in [0.25, 0.3) is 5.91 Å². The first-order valence-corrected chi connectivity index (χ1v) is 13.5. The molecule has 0 unspecified atom stereocenters. The van der Waals surface area contributed by atoms with Gasteiger partial charge in [0.05, 0.1) is 0 Å². The van der Waals surface area contributed by atoms with Gasteiger partial charge in [-0.1, -0.05) is 93.6 Å². The Balaban J connectivity index is 1.25. The normalized spacial score (nSPS) is 12.1. The van der Waals surface area contributed by atoms with Crippen LogP contribution >= 0.6 is 0 Å². The van der Waals surface area contributed by atoms with Gasteiger partial charge in [-0.3, -0.25) is 9.78 Å². The summed E-state index contributed by atoms with van der Waals surface area (Å²) < 4.78 is 6.03. The first kappa shape index (κ1) is 27.6. The maximum absolute atomic E-state index is 13.0. The maximum atomic E-state index is 13.0. The number of rotatable bonds is 8. The molecule has 0 aliphatic rings. The van der Waals surface area contributed by atoms with Crippen LogP contribution < -0.4 is 10.1 Å². The van der Waals surface area contributed by atoms with Gasteiger partial charge in [-0.15, -0.1) is 0 Å². The number of pyridine rings is 1. The summed E-state index contributed by atoms with van der Waals surface area (Å²) in [5, 5.41) is 14.0. The topological polar surface area (TPSA) is 88.5 Å². The van der Waals surface area contributed by atoms with Crippen molar-refractivity contribution >= 4 is 22.6 Å². The summed E-state index contributed by atoms with van der Waals surface area (Å²) >= 11 is 0. The van der Waals surface area contributed by atoms with E-state index in [1.54, 1.807) is 12.3 Å². The van der Waals surface area contributed by atoms with E-state index < -0.39 is 17.9 Å². The molecule has 0 saturated heterocycles. The highest BCUT2D eigenvalue weighted by molar-refractivity contribution is 5.98. The summed E-state index contributed by atoms with van der Waals surface area (Å²) in [5.41, 5.74) is 4.37. The molecule has 0 saturated carbocycles. The molecule has 0 spiro atoms. The van der Waals surface area contributed by atoms with Gasteiger partial charge in [-0.2, -0.15) is 0 Å². The zero-order valence-corrected chi connectivity index (χ0v) is 23.3. The zero-order chi connectivity index (χ0) is 29.0. The first-order valence-electron chi connectivity index (χ1n) is 13.5. The molecular weight excluding hydrogens is 512 g/mol. The van der Waals surface area contributed by atoms with Crippen LogP contribution in [0.25, 0.3) is 21.9 Å². The van der Waals surface area contributed by atoms with Gasteiger partial charge in [0, 0.05) is 18.0 Å². The van der Waals surface area contributed by atoms with Crippen molar-refractivity contribution in [3.63, 3.8) is 0 Å². The molecule has 206 valence electrons. The standard InChI is InChI=1S/C35H32N2O4/c1-35(2,3)28-14-17-29(18-15-28)41-30-16-13-26-21-31(36-22-27(26)20-30)33(38)37-32(34(39)40)19-23-9-11-25(12-10-23)24-7-5-4-6-8-24/h4-18,20-22,32H,19H2,1-3H3,(H,37,38)(H,39,40)/t32-/m0/s1. The average Bonchev–Trinajstić information content (AvgIpc) is 2.97. The summed E-state index contributed by atoms with van der Waals surface area (Å²) in [7, 11) is 0. The molecule has 4 aromatic carbocycles. The summed E-state index contributed by atoms with van der Waals surface area (Å²) in [6, 6.07) is 31.8. The highest BCUT2D eigenvalue weighted by Gasteiger charge is 2.22. The van der Waals surface area contributed by atoms with Crippen molar-refractivity contribution in [3.8, 4) is 22.6 Å². The number of hydrogen-bond acceptors (Lipinski definition) is 4. The largest absolute Gasteiger partial charge is 0.480 e. The number of amides is 1. The Labute approximate surface area is 239 Å². The minimum atomic E-state index is -1.11. The van der Waals surface area contributed by atoms with E-state index >= 15 is 0 Å². The Bertz CT molecular complexity index is 1670. The van der Waals surface area contributed by atoms with Gasteiger partial charge in [-0.05, 0) is 63.4 Å². The van der Waals surface area contributed by atoms with Crippen LogP contribution in [0.2, 0.25) is 0 Å². The maximum Gasteiger partial charge on any atom is 0.326 e. The Kier molecular flexibility index (Phi) is 7.83. The van der Waals surface area contributed by atoms with Gasteiger partial charge in [-0.25, -0.2) is 4.79 Å². The van der Waals surface area contributed by atoms with Crippen molar-refractivity contribution in [1.29, 1.82) is 0 Å². The minimum absolute atomic E-state index is 0.0652. The van der Waals surface area contributed by atoms with Gasteiger partial charge < -0.3 is 15.2 Å². The average molecular weight is 545 g/mol. The van der Waals surface area contributed by atoms with Crippen molar-refractivity contribution < 1.29 is 19.4 Å². The van der Waals surface area contributed by atoms with E-state index in [4.69, 9.17) is 4.74 Å². The second kappa shape index (κ2) is 11.6. The highest BCUT2D eigenvalue weighted by Crippen LogP contribution is 2.29. The van der Waals surface area contributed by atoms with Crippen LogP contribution in [0.4, 0.5) is 0 Å². The second-order valence-corrected chi connectivity index (χ2v) is 11.1. The monoisotopic (exact) mass is 544 g/mol. The molecule has 6 nitrogen and oxygen atoms in total. The number of nitrogens with zero attached hydrogens (tertiary/aromatic N) is 1. The molecule has 0 bridgehead atoms. The number of carboxylic acid groups (broad SMARTS) is 1. The van der Waals surface area contributed by atoms with Crippen molar-refractivity contribution in [2.24, 2.45) is 0 Å².